The SMILES string of the molecule is c1ccc(N(c2ccc(-c3ccc4ccc5c6ccccc6ccc5c4c3)cc2)c2cccc3c4ccccc4n(-c4ccccc4)c23)cc1. The van der Waals surface area contributed by atoms with E-state index >= 15 is 0 Å². The Hall–Kier alpha value is -6.64. The van der Waals surface area contributed by atoms with E-state index in [2.05, 4.69) is 204 Å². The van der Waals surface area contributed by atoms with E-state index in [9.17, 15) is 0 Å². The Morgan fingerprint density at radius 3 is 1.72 bits per heavy atom. The lowest BCUT2D eigenvalue weighted by atomic mass is 9.94. The van der Waals surface area contributed by atoms with Gasteiger partial charge >= 0.3 is 0 Å². The van der Waals surface area contributed by atoms with Gasteiger partial charge in [-0.05, 0) is 98.0 Å². The molecule has 0 bridgehead atoms. The number of fused-ring (bicyclic) bond motifs is 8. The molecule has 0 spiro atoms. The average molecular weight is 637 g/mol. The zero-order chi connectivity index (χ0) is 33.0. The Labute approximate surface area is 290 Å². The third-order valence-electron chi connectivity index (χ3n) is 10.1. The minimum Gasteiger partial charge on any atom is -0.308 e. The van der Waals surface area contributed by atoms with Gasteiger partial charge in [0.05, 0.1) is 16.7 Å². The zero-order valence-corrected chi connectivity index (χ0v) is 27.4. The van der Waals surface area contributed by atoms with Crippen LogP contribution >= 0.6 is 0 Å². The van der Waals surface area contributed by atoms with Crippen molar-refractivity contribution in [2.45, 2.75) is 0 Å². The molecule has 10 aromatic rings. The Kier molecular flexibility index (Phi) is 6.53. The molecule has 0 radical (unpaired) electrons. The summed E-state index contributed by atoms with van der Waals surface area (Å²) in [5.74, 6) is 0. The molecule has 0 N–H and O–H groups in total. The molecule has 10 rings (SSSR count). The molecule has 2 nitrogen and oxygen atoms in total. The Morgan fingerprint density at radius 2 is 0.920 bits per heavy atom. The first kappa shape index (κ1) is 28.4. The van der Waals surface area contributed by atoms with Crippen LogP contribution in [0.5, 0.6) is 0 Å². The number of rotatable bonds is 5. The van der Waals surface area contributed by atoms with Crippen molar-refractivity contribution >= 4 is 71.2 Å². The molecule has 234 valence electrons. The molecule has 0 aliphatic carbocycles. The Bertz CT molecular complexity index is 2850. The maximum absolute atomic E-state index is 2.41. The van der Waals surface area contributed by atoms with Crippen molar-refractivity contribution < 1.29 is 0 Å². The van der Waals surface area contributed by atoms with E-state index in [1.54, 1.807) is 0 Å². The summed E-state index contributed by atoms with van der Waals surface area (Å²) in [6.45, 7) is 0. The lowest BCUT2D eigenvalue weighted by molar-refractivity contribution is 1.17. The smallest absolute Gasteiger partial charge is 0.0782 e. The van der Waals surface area contributed by atoms with Gasteiger partial charge in [-0.3, -0.25) is 0 Å². The third-order valence-corrected chi connectivity index (χ3v) is 10.1. The molecule has 0 saturated heterocycles. The molecule has 1 aromatic heterocycles. The maximum Gasteiger partial charge on any atom is 0.0782 e. The van der Waals surface area contributed by atoms with Gasteiger partial charge in [-0.2, -0.15) is 0 Å². The van der Waals surface area contributed by atoms with Crippen molar-refractivity contribution in [1.29, 1.82) is 0 Å². The topological polar surface area (TPSA) is 8.17 Å². The van der Waals surface area contributed by atoms with Crippen LogP contribution in [-0.2, 0) is 0 Å². The monoisotopic (exact) mass is 636 g/mol. The molecule has 0 aliphatic heterocycles. The van der Waals surface area contributed by atoms with Crippen molar-refractivity contribution in [2.24, 2.45) is 0 Å². The highest BCUT2D eigenvalue weighted by Crippen LogP contribution is 2.44. The summed E-state index contributed by atoms with van der Waals surface area (Å²) in [7, 11) is 0. The minimum absolute atomic E-state index is 1.11. The number of nitrogens with zero attached hydrogens (tertiary/aromatic N) is 2. The Balaban J connectivity index is 1.14. The van der Waals surface area contributed by atoms with Gasteiger partial charge < -0.3 is 9.47 Å². The van der Waals surface area contributed by atoms with Crippen LogP contribution in [0.1, 0.15) is 0 Å². The lowest BCUT2D eigenvalue weighted by Crippen LogP contribution is -2.11. The zero-order valence-electron chi connectivity index (χ0n) is 27.4. The van der Waals surface area contributed by atoms with Crippen LogP contribution in [0, 0.1) is 0 Å². The van der Waals surface area contributed by atoms with Crippen LogP contribution in [0.15, 0.2) is 194 Å². The molecule has 50 heavy (non-hydrogen) atoms. The van der Waals surface area contributed by atoms with Crippen molar-refractivity contribution in [2.75, 3.05) is 4.90 Å². The van der Waals surface area contributed by atoms with Crippen LogP contribution in [0.3, 0.4) is 0 Å². The minimum atomic E-state index is 1.11. The molecular weight excluding hydrogens is 605 g/mol. The normalized spacial score (nSPS) is 11.6. The molecule has 2 heteroatoms. The van der Waals surface area contributed by atoms with E-state index in [1.807, 2.05) is 0 Å². The molecule has 0 atom stereocenters. The largest absolute Gasteiger partial charge is 0.308 e. The summed E-state index contributed by atoms with van der Waals surface area (Å²) in [5.41, 5.74) is 9.28. The van der Waals surface area contributed by atoms with E-state index in [0.717, 1.165) is 22.7 Å². The van der Waals surface area contributed by atoms with Crippen LogP contribution in [0.2, 0.25) is 0 Å². The standard InChI is InChI=1S/C48H32N2/c1-3-13-37(14-4-1)49(47-21-11-19-44-43-18-9-10-20-46(43)50(48(44)47)38-15-5-2-6-16-38)39-28-24-33(25-29-39)36-23-22-35-27-30-41-40-17-8-7-12-34(40)26-31-42(41)45(35)32-36/h1-32H. The fourth-order valence-electron chi connectivity index (χ4n) is 7.83. The number of anilines is 3. The molecule has 0 amide bonds. The highest BCUT2D eigenvalue weighted by molar-refractivity contribution is 6.18. The molecular formula is C48H32N2. The second-order valence-corrected chi connectivity index (χ2v) is 13.0. The summed E-state index contributed by atoms with van der Waals surface area (Å²) < 4.78 is 2.41. The molecule has 0 fully saturated rings. The molecule has 0 saturated carbocycles. The van der Waals surface area contributed by atoms with E-state index in [1.165, 1.54) is 65.3 Å². The first-order valence-electron chi connectivity index (χ1n) is 17.2. The van der Waals surface area contributed by atoms with Crippen LogP contribution in [0.25, 0.3) is 70.9 Å². The number of benzene rings is 9. The van der Waals surface area contributed by atoms with Crippen LogP contribution < -0.4 is 4.90 Å². The van der Waals surface area contributed by atoms with Gasteiger partial charge in [0.2, 0.25) is 0 Å². The highest BCUT2D eigenvalue weighted by atomic mass is 15.2. The van der Waals surface area contributed by atoms with E-state index in [4.69, 9.17) is 0 Å². The van der Waals surface area contributed by atoms with E-state index in [0.29, 0.717) is 0 Å². The number of hydrogen-bond acceptors (Lipinski definition) is 1. The molecule has 9 aromatic carbocycles. The van der Waals surface area contributed by atoms with E-state index in [-0.39, 0.29) is 0 Å². The highest BCUT2D eigenvalue weighted by Gasteiger charge is 2.21. The second-order valence-electron chi connectivity index (χ2n) is 13.0. The fraction of sp³-hybridized carbons (Fsp3) is 0. The van der Waals surface area contributed by atoms with Crippen LogP contribution in [0.4, 0.5) is 17.1 Å². The Morgan fingerprint density at radius 1 is 0.340 bits per heavy atom. The molecule has 0 unspecified atom stereocenters. The first-order chi connectivity index (χ1) is 24.8. The lowest BCUT2D eigenvalue weighted by Gasteiger charge is -2.27. The maximum atomic E-state index is 2.41. The van der Waals surface area contributed by atoms with Gasteiger partial charge in [0.15, 0.2) is 0 Å². The van der Waals surface area contributed by atoms with Gasteiger partial charge in [-0.1, -0.05) is 140 Å². The van der Waals surface area contributed by atoms with Gasteiger partial charge in [0.25, 0.3) is 0 Å². The number of aromatic nitrogens is 1. The van der Waals surface area contributed by atoms with Crippen molar-refractivity contribution in [3.8, 4) is 16.8 Å². The van der Waals surface area contributed by atoms with Crippen molar-refractivity contribution in [1.82, 2.24) is 4.57 Å². The molecule has 1 heterocycles. The van der Waals surface area contributed by atoms with Crippen molar-refractivity contribution in [3.63, 3.8) is 0 Å². The first-order valence-corrected chi connectivity index (χ1v) is 17.2. The third kappa shape index (κ3) is 4.50. The summed E-state index contributed by atoms with van der Waals surface area (Å²) in [4.78, 5) is 2.39. The average Bonchev–Trinajstić information content (AvgIpc) is 3.54. The van der Waals surface area contributed by atoms with Gasteiger partial charge in [0.1, 0.15) is 0 Å². The predicted molar refractivity (Wildman–Crippen MR) is 213 cm³/mol. The van der Waals surface area contributed by atoms with E-state index < -0.39 is 0 Å². The fourth-order valence-corrected chi connectivity index (χ4v) is 7.83. The van der Waals surface area contributed by atoms with Gasteiger partial charge in [-0.25, -0.2) is 0 Å². The van der Waals surface area contributed by atoms with Crippen LogP contribution in [-0.4, -0.2) is 4.57 Å². The van der Waals surface area contributed by atoms with Gasteiger partial charge in [-0.15, -0.1) is 0 Å². The number of para-hydroxylation sites is 4. The van der Waals surface area contributed by atoms with Crippen molar-refractivity contribution in [3.05, 3.63) is 194 Å². The quantitative estimate of drug-likeness (QED) is 0.171. The second kappa shape index (κ2) is 11.5. The summed E-state index contributed by atoms with van der Waals surface area (Å²) in [6.07, 6.45) is 0. The number of hydrogen-bond donors (Lipinski definition) is 0. The molecule has 0 aliphatic rings. The summed E-state index contributed by atoms with van der Waals surface area (Å²) in [5, 5.41) is 10.2. The predicted octanol–water partition coefficient (Wildman–Crippen LogP) is 13.4. The van der Waals surface area contributed by atoms with Gasteiger partial charge in [0, 0.05) is 27.8 Å². The summed E-state index contributed by atoms with van der Waals surface area (Å²) >= 11 is 0. The summed E-state index contributed by atoms with van der Waals surface area (Å²) in [6, 6.07) is 70.4.